The number of rotatable bonds is 1. The first-order chi connectivity index (χ1) is 7.90. The summed E-state index contributed by atoms with van der Waals surface area (Å²) in [7, 11) is 0. The number of alkyl carbamates (subject to hydrolysis) is 1. The number of ether oxygens (including phenoxy) is 1. The highest BCUT2D eigenvalue weighted by Crippen LogP contribution is 2.40. The molecule has 6 heteroatoms. The average molecular weight is 311 g/mol. The highest BCUT2D eigenvalue weighted by Gasteiger charge is 2.38. The van der Waals surface area contributed by atoms with E-state index in [0.717, 1.165) is 5.56 Å². The lowest BCUT2D eigenvalue weighted by Gasteiger charge is -2.38. The van der Waals surface area contributed by atoms with E-state index in [-0.39, 0.29) is 23.9 Å². The molecular formula is C12H14Cl3NO2. The second kappa shape index (κ2) is 5.55. The summed E-state index contributed by atoms with van der Waals surface area (Å²) in [6.07, 6.45) is -0.426. The second-order valence-electron chi connectivity index (χ2n) is 4.81. The molecule has 1 aromatic rings. The minimum Gasteiger partial charge on any atom is -0.449 e. The quantitative estimate of drug-likeness (QED) is 0.843. The van der Waals surface area contributed by atoms with Crippen LogP contribution in [0, 0.1) is 5.41 Å². The minimum absolute atomic E-state index is 0. The van der Waals surface area contributed by atoms with Gasteiger partial charge in [-0.2, -0.15) is 0 Å². The van der Waals surface area contributed by atoms with Crippen molar-refractivity contribution in [2.45, 2.75) is 19.9 Å². The molecule has 1 fully saturated rings. The molecule has 1 aliphatic rings. The Morgan fingerprint density at radius 2 is 2.06 bits per heavy atom. The number of halogens is 3. The summed E-state index contributed by atoms with van der Waals surface area (Å²) in [5, 5.41) is 3.98. The van der Waals surface area contributed by atoms with Crippen molar-refractivity contribution in [1.82, 2.24) is 5.32 Å². The largest absolute Gasteiger partial charge is 0.449 e. The van der Waals surface area contributed by atoms with Crippen molar-refractivity contribution >= 4 is 41.7 Å². The maximum Gasteiger partial charge on any atom is 0.407 e. The molecule has 1 atom stereocenters. The maximum absolute atomic E-state index is 11.3. The van der Waals surface area contributed by atoms with Crippen LogP contribution in [-0.2, 0) is 4.74 Å². The lowest BCUT2D eigenvalue weighted by Crippen LogP contribution is -2.47. The van der Waals surface area contributed by atoms with Crippen LogP contribution in [0.1, 0.15) is 25.5 Å². The first kappa shape index (κ1) is 15.4. The number of cyclic esters (lactones) is 1. The Kier molecular flexibility index (Phi) is 4.76. The molecule has 1 heterocycles. The third kappa shape index (κ3) is 3.02. The number of carbonyl (C=O) groups is 1. The van der Waals surface area contributed by atoms with E-state index in [0.29, 0.717) is 16.7 Å². The van der Waals surface area contributed by atoms with Gasteiger partial charge in [-0.1, -0.05) is 37.0 Å². The van der Waals surface area contributed by atoms with Gasteiger partial charge in [0.25, 0.3) is 0 Å². The minimum atomic E-state index is -0.426. The first-order valence-corrected chi connectivity index (χ1v) is 6.04. The monoisotopic (exact) mass is 309 g/mol. The van der Waals surface area contributed by atoms with Crippen molar-refractivity contribution in [2.75, 3.05) is 6.61 Å². The van der Waals surface area contributed by atoms with E-state index in [1.807, 2.05) is 13.8 Å². The molecule has 0 spiro atoms. The van der Waals surface area contributed by atoms with Gasteiger partial charge in [0.2, 0.25) is 0 Å². The van der Waals surface area contributed by atoms with Crippen LogP contribution in [0.15, 0.2) is 18.2 Å². The number of nitrogens with one attached hydrogen (secondary N) is 1. The molecule has 1 saturated heterocycles. The summed E-state index contributed by atoms with van der Waals surface area (Å²) in [5.74, 6) is 0. The van der Waals surface area contributed by atoms with Crippen LogP contribution >= 0.6 is 35.6 Å². The number of carbonyl (C=O) groups excluding carboxylic acids is 1. The normalized spacial score (nSPS) is 21.6. The second-order valence-corrected chi connectivity index (χ2v) is 5.65. The van der Waals surface area contributed by atoms with Crippen LogP contribution in [0.2, 0.25) is 10.0 Å². The Labute approximate surface area is 122 Å². The summed E-state index contributed by atoms with van der Waals surface area (Å²) in [6, 6.07) is 5.04. The molecule has 0 radical (unpaired) electrons. The third-order valence-electron chi connectivity index (χ3n) is 2.89. The zero-order valence-electron chi connectivity index (χ0n) is 10.00. The number of benzene rings is 1. The molecule has 0 aliphatic carbocycles. The van der Waals surface area contributed by atoms with Crippen molar-refractivity contribution in [2.24, 2.45) is 5.41 Å². The molecule has 100 valence electrons. The summed E-state index contributed by atoms with van der Waals surface area (Å²) >= 11 is 12.1. The lowest BCUT2D eigenvalue weighted by atomic mass is 9.80. The molecule has 0 bridgehead atoms. The van der Waals surface area contributed by atoms with Gasteiger partial charge in [0, 0.05) is 15.5 Å². The van der Waals surface area contributed by atoms with Crippen molar-refractivity contribution in [3.05, 3.63) is 33.8 Å². The van der Waals surface area contributed by atoms with E-state index in [2.05, 4.69) is 5.32 Å². The molecule has 2 rings (SSSR count). The molecule has 1 aromatic carbocycles. The van der Waals surface area contributed by atoms with Gasteiger partial charge >= 0.3 is 6.09 Å². The van der Waals surface area contributed by atoms with Crippen LogP contribution in [0.4, 0.5) is 4.79 Å². The SMILES string of the molecule is CC1(C)COC(=O)N[C@H]1c1cc(Cl)ccc1Cl.Cl. The molecule has 0 saturated carbocycles. The fraction of sp³-hybridized carbons (Fsp3) is 0.417. The van der Waals surface area contributed by atoms with Crippen molar-refractivity contribution in [3.63, 3.8) is 0 Å². The third-order valence-corrected chi connectivity index (χ3v) is 3.47. The molecule has 18 heavy (non-hydrogen) atoms. The van der Waals surface area contributed by atoms with Gasteiger partial charge in [-0.05, 0) is 23.8 Å². The van der Waals surface area contributed by atoms with E-state index < -0.39 is 6.09 Å². The Hall–Kier alpha value is -0.640. The highest BCUT2D eigenvalue weighted by atomic mass is 35.5. The van der Waals surface area contributed by atoms with E-state index in [1.165, 1.54) is 0 Å². The van der Waals surface area contributed by atoms with Crippen LogP contribution in [0.25, 0.3) is 0 Å². The molecule has 3 nitrogen and oxygen atoms in total. The van der Waals surface area contributed by atoms with Crippen molar-refractivity contribution < 1.29 is 9.53 Å². The van der Waals surface area contributed by atoms with Gasteiger partial charge in [-0.15, -0.1) is 12.4 Å². The predicted octanol–water partition coefficient (Wildman–Crippen LogP) is 4.22. The molecular weight excluding hydrogens is 296 g/mol. The topological polar surface area (TPSA) is 38.3 Å². The average Bonchev–Trinajstić information content (AvgIpc) is 2.26. The number of amides is 1. The standard InChI is InChI=1S/C12H13Cl2NO2.ClH/c1-12(2)6-17-11(16)15-10(12)8-5-7(13)3-4-9(8)14;/h3-5,10H,6H2,1-2H3,(H,15,16);1H/t10-;/m0./s1. The van der Waals surface area contributed by atoms with Crippen molar-refractivity contribution in [3.8, 4) is 0 Å². The van der Waals surface area contributed by atoms with Crippen LogP contribution in [-0.4, -0.2) is 12.7 Å². The Balaban J connectivity index is 0.00000162. The zero-order valence-corrected chi connectivity index (χ0v) is 12.3. The van der Waals surface area contributed by atoms with Crippen molar-refractivity contribution in [1.29, 1.82) is 0 Å². The Morgan fingerprint density at radius 1 is 1.39 bits per heavy atom. The summed E-state index contributed by atoms with van der Waals surface area (Å²) in [6.45, 7) is 4.37. The smallest absolute Gasteiger partial charge is 0.407 e. The fourth-order valence-electron chi connectivity index (χ4n) is 1.92. The van der Waals surface area contributed by atoms with Crippen LogP contribution in [0.3, 0.4) is 0 Å². The number of hydrogen-bond acceptors (Lipinski definition) is 2. The van der Waals surface area contributed by atoms with Crippen LogP contribution < -0.4 is 5.32 Å². The van der Waals surface area contributed by atoms with E-state index in [1.54, 1.807) is 18.2 Å². The van der Waals surface area contributed by atoms with E-state index >= 15 is 0 Å². The summed E-state index contributed by atoms with van der Waals surface area (Å²) in [5.41, 5.74) is 0.586. The van der Waals surface area contributed by atoms with Gasteiger partial charge in [0.1, 0.15) is 6.61 Å². The van der Waals surface area contributed by atoms with E-state index in [9.17, 15) is 4.79 Å². The lowest BCUT2D eigenvalue weighted by molar-refractivity contribution is 0.0388. The van der Waals surface area contributed by atoms with Crippen LogP contribution in [0.5, 0.6) is 0 Å². The molecule has 0 aromatic heterocycles. The Morgan fingerprint density at radius 3 is 2.72 bits per heavy atom. The zero-order chi connectivity index (χ0) is 12.6. The highest BCUT2D eigenvalue weighted by molar-refractivity contribution is 6.33. The number of hydrogen-bond donors (Lipinski definition) is 1. The summed E-state index contributed by atoms with van der Waals surface area (Å²) < 4.78 is 4.99. The predicted molar refractivity (Wildman–Crippen MR) is 74.7 cm³/mol. The molecule has 1 aliphatic heterocycles. The van der Waals surface area contributed by atoms with Gasteiger partial charge in [0.05, 0.1) is 6.04 Å². The molecule has 1 N–H and O–H groups in total. The van der Waals surface area contributed by atoms with Gasteiger partial charge in [0.15, 0.2) is 0 Å². The van der Waals surface area contributed by atoms with Gasteiger partial charge in [-0.3, -0.25) is 0 Å². The van der Waals surface area contributed by atoms with Gasteiger partial charge < -0.3 is 10.1 Å². The Bertz CT molecular complexity index is 463. The van der Waals surface area contributed by atoms with E-state index in [4.69, 9.17) is 27.9 Å². The maximum atomic E-state index is 11.3. The first-order valence-electron chi connectivity index (χ1n) is 5.28. The molecule has 0 unspecified atom stereocenters. The van der Waals surface area contributed by atoms with Gasteiger partial charge in [-0.25, -0.2) is 4.79 Å². The molecule has 1 amide bonds. The summed E-state index contributed by atoms with van der Waals surface area (Å²) in [4.78, 5) is 11.3. The fourth-order valence-corrected chi connectivity index (χ4v) is 2.33.